The van der Waals surface area contributed by atoms with Gasteiger partial charge < -0.3 is 10.6 Å². The molecule has 0 bridgehead atoms. The molecule has 0 aliphatic heterocycles. The number of anilines is 1. The fraction of sp³-hybridized carbons (Fsp3) is 0.357. The zero-order chi connectivity index (χ0) is 14.5. The molecule has 0 spiro atoms. The average molecular weight is 284 g/mol. The standard InChI is InChI=1S/C14H15F3N2O/c15-10-6-7-11(13(17)12(10)16)19-14(20)18-8-9-4-2-1-3-5-9/h6-8H,1-5H2,(H2,18,19,20). The minimum absolute atomic E-state index is 0.400. The molecule has 0 atom stereocenters. The van der Waals surface area contributed by atoms with E-state index in [0.717, 1.165) is 43.4 Å². The van der Waals surface area contributed by atoms with Gasteiger partial charge >= 0.3 is 6.03 Å². The van der Waals surface area contributed by atoms with E-state index in [1.165, 1.54) is 6.42 Å². The molecular weight excluding hydrogens is 269 g/mol. The number of rotatable bonds is 2. The van der Waals surface area contributed by atoms with Crippen molar-refractivity contribution in [2.75, 3.05) is 5.32 Å². The molecule has 20 heavy (non-hydrogen) atoms. The number of hydrogen-bond acceptors (Lipinski definition) is 1. The second-order valence-electron chi connectivity index (χ2n) is 4.68. The maximum atomic E-state index is 13.3. The van der Waals surface area contributed by atoms with Gasteiger partial charge in [0.25, 0.3) is 0 Å². The van der Waals surface area contributed by atoms with E-state index in [9.17, 15) is 18.0 Å². The Labute approximate surface area is 114 Å². The Morgan fingerprint density at radius 3 is 2.45 bits per heavy atom. The third kappa shape index (κ3) is 3.53. The number of hydrogen-bond donors (Lipinski definition) is 2. The molecule has 1 aromatic carbocycles. The first-order valence-electron chi connectivity index (χ1n) is 6.47. The van der Waals surface area contributed by atoms with Crippen LogP contribution in [0.2, 0.25) is 0 Å². The zero-order valence-electron chi connectivity index (χ0n) is 10.8. The Kier molecular flexibility index (Phi) is 4.65. The molecule has 1 fully saturated rings. The summed E-state index contributed by atoms with van der Waals surface area (Å²) in [5.74, 6) is -4.31. The number of amides is 2. The highest BCUT2D eigenvalue weighted by atomic mass is 19.2. The van der Waals surface area contributed by atoms with Crippen LogP contribution in [0.25, 0.3) is 0 Å². The van der Waals surface area contributed by atoms with Crippen LogP contribution in [0.4, 0.5) is 23.7 Å². The first-order valence-corrected chi connectivity index (χ1v) is 6.47. The van der Waals surface area contributed by atoms with Crippen molar-refractivity contribution < 1.29 is 18.0 Å². The predicted octanol–water partition coefficient (Wildman–Crippen LogP) is 4.07. The largest absolute Gasteiger partial charge is 0.323 e. The van der Waals surface area contributed by atoms with Crippen molar-refractivity contribution in [2.45, 2.75) is 32.1 Å². The highest BCUT2D eigenvalue weighted by Gasteiger charge is 2.14. The monoisotopic (exact) mass is 284 g/mol. The molecule has 2 rings (SSSR count). The maximum absolute atomic E-state index is 13.3. The number of carbonyl (C=O) groups excluding carboxylic acids is 1. The van der Waals surface area contributed by atoms with Gasteiger partial charge in [0.15, 0.2) is 17.5 Å². The molecule has 0 unspecified atom stereocenters. The summed E-state index contributed by atoms with van der Waals surface area (Å²) in [5.41, 5.74) is 0.723. The van der Waals surface area contributed by atoms with E-state index < -0.39 is 29.2 Å². The summed E-state index contributed by atoms with van der Waals surface area (Å²) >= 11 is 0. The highest BCUT2D eigenvalue weighted by molar-refractivity contribution is 5.90. The lowest BCUT2D eigenvalue weighted by Crippen LogP contribution is -2.25. The van der Waals surface area contributed by atoms with Gasteiger partial charge in [-0.25, -0.2) is 18.0 Å². The summed E-state index contributed by atoms with van der Waals surface area (Å²) in [6.45, 7) is 0. The maximum Gasteiger partial charge on any atom is 0.323 e. The van der Waals surface area contributed by atoms with Gasteiger partial charge in [-0.05, 0) is 37.8 Å². The Balaban J connectivity index is 1.96. The fourth-order valence-electron chi connectivity index (χ4n) is 2.10. The predicted molar refractivity (Wildman–Crippen MR) is 69.6 cm³/mol. The fourth-order valence-corrected chi connectivity index (χ4v) is 2.10. The van der Waals surface area contributed by atoms with Crippen molar-refractivity contribution in [1.29, 1.82) is 0 Å². The van der Waals surface area contributed by atoms with Crippen molar-refractivity contribution in [3.8, 4) is 0 Å². The topological polar surface area (TPSA) is 41.1 Å². The second-order valence-corrected chi connectivity index (χ2v) is 4.68. The van der Waals surface area contributed by atoms with Crippen LogP contribution in [-0.2, 0) is 0 Å². The van der Waals surface area contributed by atoms with Crippen LogP contribution >= 0.6 is 0 Å². The van der Waals surface area contributed by atoms with Crippen molar-refractivity contribution in [2.24, 2.45) is 0 Å². The molecule has 2 N–H and O–H groups in total. The summed E-state index contributed by atoms with van der Waals surface area (Å²) in [7, 11) is 0. The zero-order valence-corrected chi connectivity index (χ0v) is 10.8. The van der Waals surface area contributed by atoms with Gasteiger partial charge in [-0.1, -0.05) is 12.0 Å². The number of carbonyl (C=O) groups is 1. The van der Waals surface area contributed by atoms with Crippen LogP contribution in [0.5, 0.6) is 0 Å². The van der Waals surface area contributed by atoms with E-state index in [1.54, 1.807) is 6.20 Å². The molecule has 2 amide bonds. The average Bonchev–Trinajstić information content (AvgIpc) is 2.47. The molecule has 108 valence electrons. The van der Waals surface area contributed by atoms with Crippen LogP contribution in [0.1, 0.15) is 32.1 Å². The minimum Gasteiger partial charge on any atom is -0.314 e. The molecule has 1 saturated carbocycles. The summed E-state index contributed by atoms with van der Waals surface area (Å²) in [6, 6.07) is 1.04. The van der Waals surface area contributed by atoms with Gasteiger partial charge in [-0.15, -0.1) is 0 Å². The minimum atomic E-state index is -1.60. The van der Waals surface area contributed by atoms with E-state index in [-0.39, 0.29) is 0 Å². The van der Waals surface area contributed by atoms with E-state index in [1.807, 2.05) is 0 Å². The Morgan fingerprint density at radius 1 is 1.05 bits per heavy atom. The first-order chi connectivity index (χ1) is 9.58. The molecule has 0 heterocycles. The van der Waals surface area contributed by atoms with E-state index in [2.05, 4.69) is 10.6 Å². The van der Waals surface area contributed by atoms with Gasteiger partial charge in [0.2, 0.25) is 0 Å². The Hall–Kier alpha value is -1.98. The Morgan fingerprint density at radius 2 is 1.75 bits per heavy atom. The van der Waals surface area contributed by atoms with E-state index in [4.69, 9.17) is 0 Å². The lowest BCUT2D eigenvalue weighted by Gasteiger charge is -2.13. The lowest BCUT2D eigenvalue weighted by molar-refractivity contribution is 0.254. The van der Waals surface area contributed by atoms with Crippen LogP contribution in [0.15, 0.2) is 23.9 Å². The van der Waals surface area contributed by atoms with Crippen molar-refractivity contribution in [1.82, 2.24) is 5.32 Å². The van der Waals surface area contributed by atoms with Crippen molar-refractivity contribution in [3.63, 3.8) is 0 Å². The molecule has 3 nitrogen and oxygen atoms in total. The second kappa shape index (κ2) is 6.45. The number of halogens is 3. The SMILES string of the molecule is O=C(NC=C1CCCCC1)Nc1ccc(F)c(F)c1F. The van der Waals surface area contributed by atoms with Gasteiger partial charge in [-0.3, -0.25) is 0 Å². The number of nitrogens with one attached hydrogen (secondary N) is 2. The summed E-state index contributed by atoms with van der Waals surface area (Å²) in [5, 5.41) is 4.61. The van der Waals surface area contributed by atoms with Crippen LogP contribution in [-0.4, -0.2) is 6.03 Å². The lowest BCUT2D eigenvalue weighted by atomic mass is 9.96. The third-order valence-electron chi connectivity index (χ3n) is 3.19. The molecule has 1 aliphatic rings. The molecule has 0 saturated heterocycles. The number of allylic oxidation sites excluding steroid dienone is 1. The molecule has 0 aromatic heterocycles. The molecule has 6 heteroatoms. The van der Waals surface area contributed by atoms with Crippen LogP contribution in [0.3, 0.4) is 0 Å². The molecule has 1 aromatic rings. The van der Waals surface area contributed by atoms with E-state index in [0.29, 0.717) is 0 Å². The van der Waals surface area contributed by atoms with E-state index >= 15 is 0 Å². The quantitative estimate of drug-likeness (QED) is 0.790. The number of benzene rings is 1. The third-order valence-corrected chi connectivity index (χ3v) is 3.19. The Bertz CT molecular complexity index is 535. The first kappa shape index (κ1) is 14.4. The van der Waals surface area contributed by atoms with Crippen molar-refractivity contribution in [3.05, 3.63) is 41.4 Å². The smallest absolute Gasteiger partial charge is 0.314 e. The number of urea groups is 1. The van der Waals surface area contributed by atoms with Gasteiger partial charge in [0, 0.05) is 6.20 Å². The van der Waals surface area contributed by atoms with Gasteiger partial charge in [0.1, 0.15) is 0 Å². The van der Waals surface area contributed by atoms with Crippen LogP contribution in [0, 0.1) is 17.5 Å². The summed E-state index contributed by atoms with van der Waals surface area (Å²) in [6.07, 6.45) is 6.81. The summed E-state index contributed by atoms with van der Waals surface area (Å²) in [4.78, 5) is 11.6. The van der Waals surface area contributed by atoms with Crippen LogP contribution < -0.4 is 10.6 Å². The summed E-state index contributed by atoms with van der Waals surface area (Å²) < 4.78 is 39.1. The molecular formula is C14H15F3N2O. The normalized spacial score (nSPS) is 14.8. The molecule has 0 radical (unpaired) electrons. The molecule has 1 aliphatic carbocycles. The highest BCUT2D eigenvalue weighted by Crippen LogP contribution is 2.22. The van der Waals surface area contributed by atoms with Gasteiger partial charge in [0.05, 0.1) is 5.69 Å². The van der Waals surface area contributed by atoms with Crippen molar-refractivity contribution >= 4 is 11.7 Å². The van der Waals surface area contributed by atoms with Gasteiger partial charge in [-0.2, -0.15) is 0 Å².